The fourth-order valence-corrected chi connectivity index (χ4v) is 2.71. The molecule has 0 saturated heterocycles. The molecule has 0 amide bonds. The van der Waals surface area contributed by atoms with E-state index in [-0.39, 0.29) is 15.8 Å². The van der Waals surface area contributed by atoms with Gasteiger partial charge in [0, 0.05) is 0 Å². The Labute approximate surface area is 77.9 Å². The lowest BCUT2D eigenvalue weighted by Crippen LogP contribution is -2.08. The molecule has 0 aliphatic rings. The summed E-state index contributed by atoms with van der Waals surface area (Å²) in [6.45, 7) is 9.23. The highest BCUT2D eigenvalue weighted by Crippen LogP contribution is 2.26. The highest BCUT2D eigenvalue weighted by Gasteiger charge is 2.01. The minimum Gasteiger partial charge on any atom is -0.0817 e. The second-order valence-electron chi connectivity index (χ2n) is 3.31. The van der Waals surface area contributed by atoms with Crippen molar-refractivity contribution in [3.63, 3.8) is 0 Å². The zero-order chi connectivity index (χ0) is 9.14. The maximum atomic E-state index is 2.37. The molecule has 0 bridgehead atoms. The molecule has 0 spiro atoms. The van der Waals surface area contributed by atoms with Gasteiger partial charge in [0.15, 0.2) is 0 Å². The SMILES string of the molecule is CP(C)c1cccc(P(C)C)c1. The summed E-state index contributed by atoms with van der Waals surface area (Å²) in [4.78, 5) is 0. The summed E-state index contributed by atoms with van der Waals surface area (Å²) in [7, 11) is 0.148. The summed E-state index contributed by atoms with van der Waals surface area (Å²) in [6, 6.07) is 9.05. The first-order chi connectivity index (χ1) is 5.61. The Bertz CT molecular complexity index is 231. The number of hydrogen-bond donors (Lipinski definition) is 0. The molecule has 0 N–H and O–H groups in total. The zero-order valence-corrected chi connectivity index (χ0v) is 9.99. The van der Waals surface area contributed by atoms with E-state index in [0.29, 0.717) is 0 Å². The van der Waals surface area contributed by atoms with Crippen LogP contribution in [-0.2, 0) is 0 Å². The predicted octanol–water partition coefficient (Wildman–Crippen LogP) is 2.42. The van der Waals surface area contributed by atoms with Gasteiger partial charge in [0.2, 0.25) is 0 Å². The van der Waals surface area contributed by atoms with Crippen LogP contribution >= 0.6 is 15.8 Å². The van der Waals surface area contributed by atoms with E-state index < -0.39 is 0 Å². The molecular formula is C10H16P2. The molecule has 0 saturated carbocycles. The van der Waals surface area contributed by atoms with Crippen molar-refractivity contribution >= 4 is 26.5 Å². The summed E-state index contributed by atoms with van der Waals surface area (Å²) < 4.78 is 0. The minimum atomic E-state index is 0.0738. The lowest BCUT2D eigenvalue weighted by Gasteiger charge is -2.10. The van der Waals surface area contributed by atoms with E-state index in [9.17, 15) is 0 Å². The van der Waals surface area contributed by atoms with Gasteiger partial charge in [-0.25, -0.2) is 0 Å². The number of hydrogen-bond acceptors (Lipinski definition) is 0. The summed E-state index contributed by atoms with van der Waals surface area (Å²) in [6.07, 6.45) is 0. The second-order valence-corrected chi connectivity index (χ2v) is 7.92. The Morgan fingerprint density at radius 1 is 0.833 bits per heavy atom. The van der Waals surface area contributed by atoms with Crippen molar-refractivity contribution in [1.29, 1.82) is 0 Å². The maximum absolute atomic E-state index is 2.37. The quantitative estimate of drug-likeness (QED) is 0.640. The fraction of sp³-hybridized carbons (Fsp3) is 0.400. The van der Waals surface area contributed by atoms with E-state index in [1.54, 1.807) is 0 Å². The summed E-state index contributed by atoms with van der Waals surface area (Å²) in [5.74, 6) is 0. The van der Waals surface area contributed by atoms with Gasteiger partial charge in [0.25, 0.3) is 0 Å². The Hall–Kier alpha value is 0.0800. The monoisotopic (exact) mass is 198 g/mol. The first-order valence-electron chi connectivity index (χ1n) is 4.06. The summed E-state index contributed by atoms with van der Waals surface area (Å²) in [5, 5.41) is 3.05. The van der Waals surface area contributed by atoms with Crippen LogP contribution in [0, 0.1) is 0 Å². The molecule has 2 heteroatoms. The van der Waals surface area contributed by atoms with Crippen LogP contribution in [0.25, 0.3) is 0 Å². The average molecular weight is 198 g/mol. The molecule has 0 aromatic heterocycles. The average Bonchev–Trinajstić information content (AvgIpc) is 2.04. The summed E-state index contributed by atoms with van der Waals surface area (Å²) in [5.41, 5.74) is 0. The first-order valence-corrected chi connectivity index (χ1v) is 8.53. The lowest BCUT2D eigenvalue weighted by atomic mass is 10.4. The van der Waals surface area contributed by atoms with Crippen LogP contribution in [0.15, 0.2) is 24.3 Å². The topological polar surface area (TPSA) is 0 Å². The molecule has 1 aromatic carbocycles. The van der Waals surface area contributed by atoms with E-state index in [1.807, 2.05) is 0 Å². The van der Waals surface area contributed by atoms with Crippen molar-refractivity contribution in [1.82, 2.24) is 0 Å². The molecule has 0 nitrogen and oxygen atoms in total. The Morgan fingerprint density at radius 2 is 1.25 bits per heavy atom. The summed E-state index contributed by atoms with van der Waals surface area (Å²) >= 11 is 0. The van der Waals surface area contributed by atoms with Gasteiger partial charge in [-0.15, -0.1) is 0 Å². The van der Waals surface area contributed by atoms with Crippen LogP contribution in [0.5, 0.6) is 0 Å². The van der Waals surface area contributed by atoms with E-state index in [0.717, 1.165) is 0 Å². The zero-order valence-electron chi connectivity index (χ0n) is 8.20. The molecule has 0 heterocycles. The van der Waals surface area contributed by atoms with Crippen molar-refractivity contribution in [2.24, 2.45) is 0 Å². The smallest absolute Gasteiger partial charge is 0.0239 e. The molecule has 1 rings (SSSR count). The van der Waals surface area contributed by atoms with Gasteiger partial charge in [-0.05, 0) is 43.3 Å². The van der Waals surface area contributed by atoms with E-state index in [4.69, 9.17) is 0 Å². The van der Waals surface area contributed by atoms with Crippen LogP contribution in [0.2, 0.25) is 0 Å². The standard InChI is InChI=1S/C10H16P2/c1-11(2)9-6-5-7-10(8-9)12(3)4/h5-8H,1-4H3. The molecule has 66 valence electrons. The maximum Gasteiger partial charge on any atom is -0.0239 e. The third-order valence-corrected chi connectivity index (χ3v) is 4.48. The van der Waals surface area contributed by atoms with Gasteiger partial charge in [-0.1, -0.05) is 34.0 Å². The van der Waals surface area contributed by atoms with Crippen molar-refractivity contribution < 1.29 is 0 Å². The minimum absolute atomic E-state index is 0.0738. The van der Waals surface area contributed by atoms with E-state index >= 15 is 0 Å². The molecule has 0 fully saturated rings. The molecule has 0 radical (unpaired) electrons. The molecule has 0 aliphatic carbocycles. The van der Waals surface area contributed by atoms with Crippen molar-refractivity contribution in [2.45, 2.75) is 0 Å². The second kappa shape index (κ2) is 4.35. The highest BCUT2D eigenvalue weighted by molar-refractivity contribution is 7.65. The van der Waals surface area contributed by atoms with Gasteiger partial charge in [-0.2, -0.15) is 0 Å². The molecule has 12 heavy (non-hydrogen) atoms. The molecule has 1 aromatic rings. The Balaban J connectivity index is 2.96. The third kappa shape index (κ3) is 2.54. The Kier molecular flexibility index (Phi) is 3.69. The van der Waals surface area contributed by atoms with Crippen molar-refractivity contribution in [3.8, 4) is 0 Å². The third-order valence-electron chi connectivity index (χ3n) is 1.86. The largest absolute Gasteiger partial charge is 0.0817 e. The van der Waals surface area contributed by atoms with E-state index in [2.05, 4.69) is 50.9 Å². The van der Waals surface area contributed by atoms with Crippen LogP contribution in [0.1, 0.15) is 0 Å². The highest BCUT2D eigenvalue weighted by atomic mass is 31.1. The van der Waals surface area contributed by atoms with Gasteiger partial charge in [0.1, 0.15) is 0 Å². The van der Waals surface area contributed by atoms with Crippen LogP contribution in [0.4, 0.5) is 0 Å². The molecule has 0 unspecified atom stereocenters. The van der Waals surface area contributed by atoms with E-state index in [1.165, 1.54) is 10.6 Å². The lowest BCUT2D eigenvalue weighted by molar-refractivity contribution is 1.82. The predicted molar refractivity (Wildman–Crippen MR) is 63.2 cm³/mol. The van der Waals surface area contributed by atoms with Gasteiger partial charge < -0.3 is 0 Å². The van der Waals surface area contributed by atoms with Crippen LogP contribution in [0.3, 0.4) is 0 Å². The van der Waals surface area contributed by atoms with Gasteiger partial charge >= 0.3 is 0 Å². The Morgan fingerprint density at radius 3 is 1.58 bits per heavy atom. The van der Waals surface area contributed by atoms with Gasteiger partial charge in [0.05, 0.1) is 0 Å². The normalized spacial score (nSPS) is 11.2. The first kappa shape index (κ1) is 10.2. The number of benzene rings is 1. The van der Waals surface area contributed by atoms with Crippen molar-refractivity contribution in [2.75, 3.05) is 26.7 Å². The molecule has 0 aliphatic heterocycles. The van der Waals surface area contributed by atoms with Gasteiger partial charge in [-0.3, -0.25) is 0 Å². The van der Waals surface area contributed by atoms with Crippen LogP contribution in [-0.4, -0.2) is 26.7 Å². The molecule has 0 atom stereocenters. The molecular weight excluding hydrogens is 182 g/mol. The van der Waals surface area contributed by atoms with Crippen molar-refractivity contribution in [3.05, 3.63) is 24.3 Å². The number of rotatable bonds is 2. The fourth-order valence-electron chi connectivity index (χ4n) is 1.05. The van der Waals surface area contributed by atoms with Crippen LogP contribution < -0.4 is 10.6 Å².